The molecule has 4 nitrogen and oxygen atoms in total. The number of nitrogens with zero attached hydrogens (tertiary/aromatic N) is 1. The van der Waals surface area contributed by atoms with Gasteiger partial charge in [0, 0.05) is 13.1 Å². The van der Waals surface area contributed by atoms with Crippen molar-refractivity contribution in [1.29, 1.82) is 0 Å². The summed E-state index contributed by atoms with van der Waals surface area (Å²) in [5, 5.41) is 0. The molecule has 0 N–H and O–H groups in total. The van der Waals surface area contributed by atoms with Crippen LogP contribution in [0.15, 0.2) is 0 Å². The van der Waals surface area contributed by atoms with Crippen LogP contribution >= 0.6 is 0 Å². The van der Waals surface area contributed by atoms with Crippen molar-refractivity contribution < 1.29 is 14.3 Å². The maximum atomic E-state index is 11.3. The molecular formula is C10H19NO3. The highest BCUT2D eigenvalue weighted by Gasteiger charge is 2.21. The Bertz CT molecular complexity index is 194. The van der Waals surface area contributed by atoms with E-state index in [-0.39, 0.29) is 18.2 Å². The quantitative estimate of drug-likeness (QED) is 0.629. The Labute approximate surface area is 85.2 Å². The first-order chi connectivity index (χ1) is 6.58. The molecule has 82 valence electrons. The smallest absolute Gasteiger partial charge is 0.308 e. The van der Waals surface area contributed by atoms with E-state index < -0.39 is 0 Å². The lowest BCUT2D eigenvalue weighted by atomic mass is 10.2. The lowest BCUT2D eigenvalue weighted by molar-refractivity contribution is -0.152. The molecule has 1 aliphatic rings. The average molecular weight is 201 g/mol. The molecule has 4 heteroatoms. The number of hydrogen-bond acceptors (Lipinski definition) is 4. The van der Waals surface area contributed by atoms with Crippen LogP contribution in [0.5, 0.6) is 0 Å². The summed E-state index contributed by atoms with van der Waals surface area (Å²) in [6, 6.07) is 0. The molecule has 0 spiro atoms. The van der Waals surface area contributed by atoms with Crippen molar-refractivity contribution in [2.75, 3.05) is 26.7 Å². The Morgan fingerprint density at radius 2 is 2.36 bits per heavy atom. The van der Waals surface area contributed by atoms with E-state index in [2.05, 4.69) is 4.90 Å². The van der Waals surface area contributed by atoms with E-state index in [0.29, 0.717) is 13.0 Å². The molecule has 1 heterocycles. The van der Waals surface area contributed by atoms with Gasteiger partial charge in [-0.25, -0.2) is 0 Å². The van der Waals surface area contributed by atoms with Gasteiger partial charge in [-0.05, 0) is 20.9 Å². The van der Waals surface area contributed by atoms with E-state index >= 15 is 0 Å². The highest BCUT2D eigenvalue weighted by atomic mass is 16.5. The zero-order valence-corrected chi connectivity index (χ0v) is 9.16. The summed E-state index contributed by atoms with van der Waals surface area (Å²) >= 11 is 0. The zero-order valence-electron chi connectivity index (χ0n) is 9.16. The lowest BCUT2D eigenvalue weighted by Crippen LogP contribution is -2.41. The van der Waals surface area contributed by atoms with Crippen molar-refractivity contribution >= 4 is 5.97 Å². The minimum Gasteiger partial charge on any atom is -0.463 e. The van der Waals surface area contributed by atoms with Gasteiger partial charge in [-0.2, -0.15) is 0 Å². The second-order valence-corrected chi connectivity index (χ2v) is 4.00. The third kappa shape index (κ3) is 4.07. The van der Waals surface area contributed by atoms with E-state index in [1.54, 1.807) is 0 Å². The average Bonchev–Trinajstić information content (AvgIpc) is 2.01. The minimum atomic E-state index is -0.166. The molecule has 0 saturated carbocycles. The maximum absolute atomic E-state index is 11.3. The first-order valence-electron chi connectivity index (χ1n) is 5.07. The standard InChI is InChI=1S/C10H19NO3/c1-8(2)14-10(12)6-9-7-11(3)4-5-13-9/h8-9H,4-7H2,1-3H3. The summed E-state index contributed by atoms with van der Waals surface area (Å²) in [5.41, 5.74) is 0. The van der Waals surface area contributed by atoms with Crippen molar-refractivity contribution in [3.63, 3.8) is 0 Å². The Balaban J connectivity index is 2.25. The number of ether oxygens (including phenoxy) is 2. The minimum absolute atomic E-state index is 0.000000000000000222. The van der Waals surface area contributed by atoms with Gasteiger partial charge in [0.2, 0.25) is 0 Å². The van der Waals surface area contributed by atoms with Crippen LogP contribution in [0.4, 0.5) is 0 Å². The molecule has 0 aromatic heterocycles. The summed E-state index contributed by atoms with van der Waals surface area (Å²) in [6.07, 6.45) is 0.325. The summed E-state index contributed by atoms with van der Waals surface area (Å²) in [6.45, 7) is 6.16. The van der Waals surface area contributed by atoms with Gasteiger partial charge in [0.15, 0.2) is 0 Å². The molecule has 1 fully saturated rings. The highest BCUT2D eigenvalue weighted by molar-refractivity contribution is 5.70. The van der Waals surface area contributed by atoms with Gasteiger partial charge < -0.3 is 14.4 Å². The molecule has 1 aliphatic heterocycles. The number of morpholine rings is 1. The Morgan fingerprint density at radius 1 is 1.64 bits per heavy atom. The first kappa shape index (κ1) is 11.5. The number of hydrogen-bond donors (Lipinski definition) is 0. The van der Waals surface area contributed by atoms with Crippen molar-refractivity contribution in [2.45, 2.75) is 32.5 Å². The summed E-state index contributed by atoms with van der Waals surface area (Å²) in [7, 11) is 2.03. The molecule has 1 atom stereocenters. The van der Waals surface area contributed by atoms with Gasteiger partial charge in [0.25, 0.3) is 0 Å². The topological polar surface area (TPSA) is 38.8 Å². The number of esters is 1. The van der Waals surface area contributed by atoms with Crippen LogP contribution in [0.2, 0.25) is 0 Å². The predicted molar refractivity (Wildman–Crippen MR) is 53.1 cm³/mol. The Kier molecular flexibility index (Phi) is 4.35. The third-order valence-corrected chi connectivity index (χ3v) is 2.10. The SMILES string of the molecule is CC(C)OC(=O)CC1CN(C)CCO1. The maximum Gasteiger partial charge on any atom is 0.308 e. The number of carbonyl (C=O) groups is 1. The Morgan fingerprint density at radius 3 is 2.93 bits per heavy atom. The second-order valence-electron chi connectivity index (χ2n) is 4.00. The fraction of sp³-hybridized carbons (Fsp3) is 0.900. The van der Waals surface area contributed by atoms with Gasteiger partial charge >= 0.3 is 5.97 Å². The lowest BCUT2D eigenvalue weighted by Gasteiger charge is -2.29. The van der Waals surface area contributed by atoms with E-state index in [1.165, 1.54) is 0 Å². The summed E-state index contributed by atoms with van der Waals surface area (Å²) in [4.78, 5) is 13.5. The van der Waals surface area contributed by atoms with E-state index in [4.69, 9.17) is 9.47 Å². The molecule has 1 unspecified atom stereocenters. The zero-order chi connectivity index (χ0) is 10.6. The first-order valence-corrected chi connectivity index (χ1v) is 5.07. The van der Waals surface area contributed by atoms with Crippen LogP contribution in [0.25, 0.3) is 0 Å². The van der Waals surface area contributed by atoms with Crippen molar-refractivity contribution in [3.8, 4) is 0 Å². The largest absolute Gasteiger partial charge is 0.463 e. The fourth-order valence-electron chi connectivity index (χ4n) is 1.49. The summed E-state index contributed by atoms with van der Waals surface area (Å²) in [5.74, 6) is -0.166. The van der Waals surface area contributed by atoms with E-state index in [9.17, 15) is 4.79 Å². The molecule has 0 aromatic rings. The highest BCUT2D eigenvalue weighted by Crippen LogP contribution is 2.08. The van der Waals surface area contributed by atoms with Gasteiger partial charge in [-0.1, -0.05) is 0 Å². The van der Waals surface area contributed by atoms with Crippen molar-refractivity contribution in [1.82, 2.24) is 4.90 Å². The third-order valence-electron chi connectivity index (χ3n) is 2.10. The van der Waals surface area contributed by atoms with Crippen LogP contribution in [-0.2, 0) is 14.3 Å². The second kappa shape index (κ2) is 5.32. The predicted octanol–water partition coefficient (Wildman–Crippen LogP) is 0.659. The van der Waals surface area contributed by atoms with Gasteiger partial charge in [-0.3, -0.25) is 4.79 Å². The van der Waals surface area contributed by atoms with E-state index in [0.717, 1.165) is 13.1 Å². The normalized spacial score (nSPS) is 23.9. The Hall–Kier alpha value is -0.610. The van der Waals surface area contributed by atoms with Crippen LogP contribution < -0.4 is 0 Å². The van der Waals surface area contributed by atoms with Crippen molar-refractivity contribution in [3.05, 3.63) is 0 Å². The van der Waals surface area contributed by atoms with Crippen molar-refractivity contribution in [2.24, 2.45) is 0 Å². The molecule has 0 radical (unpaired) electrons. The number of carbonyl (C=O) groups excluding carboxylic acids is 1. The molecule has 0 amide bonds. The van der Waals surface area contributed by atoms with Gasteiger partial charge in [0.05, 0.1) is 25.2 Å². The number of likely N-dealkylation sites (N-methyl/N-ethyl adjacent to an activating group) is 1. The van der Waals surface area contributed by atoms with E-state index in [1.807, 2.05) is 20.9 Å². The van der Waals surface area contributed by atoms with Crippen LogP contribution in [0, 0.1) is 0 Å². The molecular weight excluding hydrogens is 182 g/mol. The fourth-order valence-corrected chi connectivity index (χ4v) is 1.49. The van der Waals surface area contributed by atoms with Gasteiger partial charge in [0.1, 0.15) is 0 Å². The summed E-state index contributed by atoms with van der Waals surface area (Å²) < 4.78 is 10.5. The van der Waals surface area contributed by atoms with Gasteiger partial charge in [-0.15, -0.1) is 0 Å². The molecule has 0 aromatic carbocycles. The molecule has 14 heavy (non-hydrogen) atoms. The number of rotatable bonds is 3. The molecule has 0 aliphatic carbocycles. The van der Waals surface area contributed by atoms with Crippen LogP contribution in [0.3, 0.4) is 0 Å². The molecule has 1 saturated heterocycles. The molecule has 1 rings (SSSR count). The monoisotopic (exact) mass is 201 g/mol. The molecule has 0 bridgehead atoms. The van der Waals surface area contributed by atoms with Crippen LogP contribution in [-0.4, -0.2) is 49.8 Å². The van der Waals surface area contributed by atoms with Crippen LogP contribution in [0.1, 0.15) is 20.3 Å².